The average Bonchev–Trinajstić information content (AvgIpc) is 2.25. The summed E-state index contributed by atoms with van der Waals surface area (Å²) < 4.78 is 11.3. The van der Waals surface area contributed by atoms with Gasteiger partial charge < -0.3 is 14.4 Å². The summed E-state index contributed by atoms with van der Waals surface area (Å²) in [6.07, 6.45) is 1.56. The second-order valence-corrected chi connectivity index (χ2v) is 6.81. The first-order valence-corrected chi connectivity index (χ1v) is 8.10. The van der Waals surface area contributed by atoms with Gasteiger partial charge in [0.2, 0.25) is 0 Å². The molecule has 0 aliphatic carbocycles. The Morgan fingerprint density at radius 3 is 2.24 bits per heavy atom. The third-order valence-electron chi connectivity index (χ3n) is 2.86. The molecule has 0 fully saturated rings. The number of alkyl halides is 1. The monoisotopic (exact) mass is 318 g/mol. The fourth-order valence-electron chi connectivity index (χ4n) is 2.13. The van der Waals surface area contributed by atoms with E-state index in [1.165, 1.54) is 6.07 Å². The third-order valence-corrected chi connectivity index (χ3v) is 4.30. The smallest absolute Gasteiger partial charge is 0.0376 e. The summed E-state index contributed by atoms with van der Waals surface area (Å²) >= 11 is 3.38. The maximum absolute atomic E-state index is 11.3. The van der Waals surface area contributed by atoms with Gasteiger partial charge in [-0.3, -0.25) is 0 Å². The number of rotatable bonds is 4. The van der Waals surface area contributed by atoms with E-state index in [2.05, 4.69) is 15.9 Å². The van der Waals surface area contributed by atoms with E-state index in [1.54, 1.807) is 6.07 Å². The van der Waals surface area contributed by atoms with Gasteiger partial charge in [-0.25, -0.2) is 0 Å². The molecule has 0 aliphatic rings. The molecule has 0 aliphatic heterocycles. The Labute approximate surface area is 111 Å². The van der Waals surface area contributed by atoms with Gasteiger partial charge in [0.1, 0.15) is 0 Å². The topological polar surface area (TPSA) is 63.2 Å². The summed E-state index contributed by atoms with van der Waals surface area (Å²) in [6, 6.07) is 3.18. The summed E-state index contributed by atoms with van der Waals surface area (Å²) in [5, 5.41) is -0.0732. The number of benzene rings is 1. The van der Waals surface area contributed by atoms with Crippen molar-refractivity contribution in [2.45, 2.75) is 38.4 Å². The van der Waals surface area contributed by atoms with Gasteiger partial charge in [0, 0.05) is 4.83 Å². The van der Waals surface area contributed by atoms with Gasteiger partial charge in [-0.15, -0.1) is 0 Å². The van der Waals surface area contributed by atoms with Crippen LogP contribution in [0.25, 0.3) is 0 Å². The van der Waals surface area contributed by atoms with Crippen molar-refractivity contribution in [2.75, 3.05) is 0 Å². The van der Waals surface area contributed by atoms with Gasteiger partial charge in [0.15, 0.2) is 0 Å². The molecule has 1 rings (SSSR count). The normalized spacial score (nSPS) is 13.8. The van der Waals surface area contributed by atoms with Crippen LogP contribution in [0.15, 0.2) is 12.1 Å². The van der Waals surface area contributed by atoms with Crippen molar-refractivity contribution in [3.05, 3.63) is 28.8 Å². The van der Waals surface area contributed by atoms with Crippen molar-refractivity contribution in [2.24, 2.45) is 0 Å². The lowest BCUT2D eigenvalue weighted by Gasteiger charge is -2.34. The maximum Gasteiger partial charge on any atom is 0.0376 e. The molecule has 1 aromatic rings. The van der Waals surface area contributed by atoms with Gasteiger partial charge in [0.05, 0.1) is 0 Å². The van der Waals surface area contributed by atoms with Crippen LogP contribution in [0.1, 0.15) is 42.3 Å². The van der Waals surface area contributed by atoms with E-state index < -0.39 is 7.60 Å². The van der Waals surface area contributed by atoms with Crippen LogP contribution in [0.3, 0.4) is 0 Å². The number of halogens is 1. The zero-order chi connectivity index (χ0) is 13.2. The van der Waals surface area contributed by atoms with Crippen LogP contribution in [0, 0.1) is 0 Å². The molecule has 17 heavy (non-hydrogen) atoms. The average molecular weight is 319 g/mol. The summed E-state index contributed by atoms with van der Waals surface area (Å²) in [4.78, 5) is 22.4. The van der Waals surface area contributed by atoms with Gasteiger partial charge >= 0.3 is 0 Å². The lowest BCUT2D eigenvalue weighted by atomic mass is 9.95. The molecule has 0 saturated heterocycles. The first-order chi connectivity index (χ1) is 7.82. The van der Waals surface area contributed by atoms with Crippen LogP contribution in [0.2, 0.25) is 0 Å². The summed E-state index contributed by atoms with van der Waals surface area (Å²) in [7, 11) is -4.71. The summed E-state index contributed by atoms with van der Waals surface area (Å²) in [5.74, 6) is 0. The molecule has 0 saturated carbocycles. The van der Waals surface area contributed by atoms with Crippen LogP contribution in [0.4, 0.5) is 0 Å². The van der Waals surface area contributed by atoms with E-state index in [1.807, 2.05) is 20.8 Å². The van der Waals surface area contributed by atoms with Crippen LogP contribution in [-0.4, -0.2) is 0 Å². The Kier molecular flexibility index (Phi) is 4.96. The Morgan fingerprint density at radius 1 is 1.29 bits per heavy atom. The van der Waals surface area contributed by atoms with E-state index in [4.69, 9.17) is 0 Å². The fraction of sp³-hybridized carbons (Fsp3) is 0.500. The quantitative estimate of drug-likeness (QED) is 0.628. The molecule has 1 aromatic carbocycles. The zero-order valence-electron chi connectivity index (χ0n) is 10.2. The van der Waals surface area contributed by atoms with Crippen molar-refractivity contribution in [3.63, 3.8) is 0 Å². The second kappa shape index (κ2) is 5.66. The lowest BCUT2D eigenvalue weighted by Crippen LogP contribution is -2.29. The minimum absolute atomic E-state index is 0.0732. The molecular formula is C12H16BrO3P-2. The number of hydrogen-bond donors (Lipinski definition) is 0. The molecule has 0 bridgehead atoms. The van der Waals surface area contributed by atoms with E-state index in [9.17, 15) is 14.4 Å². The van der Waals surface area contributed by atoms with E-state index >= 15 is 0 Å². The van der Waals surface area contributed by atoms with Gasteiger partial charge in [-0.2, -0.15) is 0 Å². The zero-order valence-corrected chi connectivity index (χ0v) is 12.7. The minimum Gasteiger partial charge on any atom is -0.807 e. The van der Waals surface area contributed by atoms with Gasteiger partial charge in [-0.05, 0) is 49.4 Å². The second-order valence-electron chi connectivity index (χ2n) is 3.96. The van der Waals surface area contributed by atoms with Crippen LogP contribution < -0.4 is 15.1 Å². The molecule has 0 radical (unpaired) electrons. The SMILES string of the molecule is CCc1ccc(P(=O)([O-])[O-])c(C(C)Br)c1CC. The minimum atomic E-state index is -4.71. The van der Waals surface area contributed by atoms with Crippen molar-refractivity contribution in [1.82, 2.24) is 0 Å². The highest BCUT2D eigenvalue weighted by Crippen LogP contribution is 2.34. The van der Waals surface area contributed by atoms with Crippen molar-refractivity contribution in [1.29, 1.82) is 0 Å². The largest absolute Gasteiger partial charge is 0.807 e. The molecular weight excluding hydrogens is 303 g/mol. The Balaban J connectivity index is 3.59. The van der Waals surface area contributed by atoms with Gasteiger partial charge in [-0.1, -0.05) is 41.9 Å². The highest BCUT2D eigenvalue weighted by Gasteiger charge is 2.16. The molecule has 0 amide bonds. The molecule has 0 heterocycles. The molecule has 3 nitrogen and oxygen atoms in total. The van der Waals surface area contributed by atoms with E-state index in [-0.39, 0.29) is 10.1 Å². The van der Waals surface area contributed by atoms with Crippen LogP contribution >= 0.6 is 23.5 Å². The molecule has 1 atom stereocenters. The molecule has 1 unspecified atom stereocenters. The molecule has 0 spiro atoms. The highest BCUT2D eigenvalue weighted by atomic mass is 79.9. The first-order valence-electron chi connectivity index (χ1n) is 5.64. The maximum atomic E-state index is 11.3. The van der Waals surface area contributed by atoms with E-state index in [0.717, 1.165) is 24.0 Å². The third kappa shape index (κ3) is 3.19. The molecule has 96 valence electrons. The Bertz CT molecular complexity index is 451. The summed E-state index contributed by atoms with van der Waals surface area (Å²) in [6.45, 7) is 5.83. The first kappa shape index (κ1) is 14.9. The molecule has 5 heteroatoms. The van der Waals surface area contributed by atoms with Crippen molar-refractivity contribution >= 4 is 28.8 Å². The standard InChI is InChI=1S/C12H18BrO3P/c1-4-9-6-7-11(17(14,15)16)12(8(3)13)10(9)5-2/h6-8H,4-5H2,1-3H3,(H2,14,15,16)/p-2. The number of aryl methyl sites for hydroxylation is 1. The van der Waals surface area contributed by atoms with Crippen molar-refractivity contribution in [3.8, 4) is 0 Å². The number of hydrogen-bond acceptors (Lipinski definition) is 3. The van der Waals surface area contributed by atoms with Crippen molar-refractivity contribution < 1.29 is 14.4 Å². The highest BCUT2D eigenvalue weighted by molar-refractivity contribution is 9.09. The summed E-state index contributed by atoms with van der Waals surface area (Å²) in [5.41, 5.74) is 2.70. The van der Waals surface area contributed by atoms with E-state index in [0.29, 0.717) is 5.56 Å². The predicted octanol–water partition coefficient (Wildman–Crippen LogP) is 1.81. The Hall–Kier alpha value is -0.150. The van der Waals surface area contributed by atoms with Crippen LogP contribution in [0.5, 0.6) is 0 Å². The predicted molar refractivity (Wildman–Crippen MR) is 69.8 cm³/mol. The molecule has 0 aromatic heterocycles. The fourth-order valence-corrected chi connectivity index (χ4v) is 3.71. The van der Waals surface area contributed by atoms with Crippen LogP contribution in [-0.2, 0) is 17.4 Å². The molecule has 0 N–H and O–H groups in total. The van der Waals surface area contributed by atoms with Gasteiger partial charge in [0.25, 0.3) is 0 Å². The lowest BCUT2D eigenvalue weighted by molar-refractivity contribution is -0.308. The Morgan fingerprint density at radius 2 is 1.88 bits per heavy atom.